The fraction of sp³-hybridized carbons (Fsp3) is 0.818. The average molecular weight is 1530 g/mol. The van der Waals surface area contributed by atoms with E-state index in [4.69, 9.17) is 33.4 Å². The van der Waals surface area contributed by atoms with Crippen LogP contribution in [0.5, 0.6) is 6.01 Å². The van der Waals surface area contributed by atoms with Crippen molar-refractivity contribution in [1.29, 1.82) is 0 Å². The first kappa shape index (κ1) is 95.9. The molecule has 109 heavy (non-hydrogen) atoms. The lowest BCUT2D eigenvalue weighted by molar-refractivity contribution is -0.150. The van der Waals surface area contributed by atoms with E-state index < -0.39 is 0 Å². The number of aromatic nitrogens is 4. The number of rotatable bonds is 71. The molecule has 0 saturated carbocycles. The number of aryl methyl sites for hydroxylation is 1. The molecule has 0 aliphatic carbocycles. The number of methoxy groups -OCH3 is 1. The number of carbonyl (C=O) groups is 5. The summed E-state index contributed by atoms with van der Waals surface area (Å²) in [6, 6.07) is 7.68. The van der Waals surface area contributed by atoms with Gasteiger partial charge in [-0.2, -0.15) is 9.97 Å². The number of esters is 4. The largest absolute Gasteiger partial charge is 0.465 e. The lowest BCUT2D eigenvalue weighted by Gasteiger charge is -2.28. The zero-order chi connectivity index (χ0) is 78.6. The Hall–Kier alpha value is -5.48. The SMILES string of the molecule is CCCCCC(CC)OC(=O)CCCCCCCCN(CCCCCCCCC(=O)OC(CC)CCCCC)CCCN(CCCCCCCCC(=O)OC(CC)CCCCC)CCCCCC(=O)Nc1nc(OCCCC)nc2c1[nH]c(=O)n2CCCN(CCCN1CCOCC1)Cc1cccc(C(=O)OC)c1. The van der Waals surface area contributed by atoms with E-state index in [9.17, 15) is 28.8 Å². The third-order valence-electron chi connectivity index (χ3n) is 21.5. The monoisotopic (exact) mass is 1530 g/mol. The maximum Gasteiger partial charge on any atom is 0.337 e. The number of morpholine rings is 1. The molecule has 0 spiro atoms. The molecule has 1 saturated heterocycles. The van der Waals surface area contributed by atoms with E-state index >= 15 is 0 Å². The van der Waals surface area contributed by atoms with Crippen molar-refractivity contribution in [3.8, 4) is 6.01 Å². The summed E-state index contributed by atoms with van der Waals surface area (Å²) in [5.41, 5.74) is 1.94. The van der Waals surface area contributed by atoms with E-state index in [1.807, 2.05) is 18.2 Å². The molecule has 3 unspecified atom stereocenters. The van der Waals surface area contributed by atoms with E-state index in [1.54, 1.807) is 10.6 Å². The number of benzene rings is 1. The maximum absolute atomic E-state index is 14.0. The lowest BCUT2D eigenvalue weighted by atomic mass is 10.1. The molecule has 1 aliphatic heterocycles. The van der Waals surface area contributed by atoms with E-state index in [1.165, 1.54) is 77.7 Å². The minimum absolute atomic E-state index is 0.0356. The van der Waals surface area contributed by atoms with Gasteiger partial charge in [-0.1, -0.05) is 189 Å². The van der Waals surface area contributed by atoms with Gasteiger partial charge in [0, 0.05) is 58.4 Å². The summed E-state index contributed by atoms with van der Waals surface area (Å²) >= 11 is 0. The minimum atomic E-state index is -0.372. The van der Waals surface area contributed by atoms with Gasteiger partial charge in [-0.05, 0) is 205 Å². The second-order valence-corrected chi connectivity index (χ2v) is 31.0. The van der Waals surface area contributed by atoms with E-state index in [0.717, 1.165) is 264 Å². The Morgan fingerprint density at radius 1 is 0.495 bits per heavy atom. The van der Waals surface area contributed by atoms with Gasteiger partial charge in [0.2, 0.25) is 5.91 Å². The predicted octanol–water partition coefficient (Wildman–Crippen LogP) is 19.1. The van der Waals surface area contributed by atoms with Crippen LogP contribution in [0.1, 0.15) is 353 Å². The molecular weight excluding hydrogens is 1380 g/mol. The van der Waals surface area contributed by atoms with Crippen molar-refractivity contribution in [1.82, 2.24) is 39.1 Å². The van der Waals surface area contributed by atoms with Crippen LogP contribution in [0.3, 0.4) is 0 Å². The minimum Gasteiger partial charge on any atom is -0.465 e. The number of amides is 1. The number of H-pyrrole nitrogens is 1. The highest BCUT2D eigenvalue weighted by molar-refractivity contribution is 5.97. The zero-order valence-corrected chi connectivity index (χ0v) is 70.2. The molecule has 1 aliphatic rings. The van der Waals surface area contributed by atoms with Crippen LogP contribution in [-0.4, -0.2) is 186 Å². The quantitative estimate of drug-likeness (QED) is 0.0304. The van der Waals surface area contributed by atoms with Crippen LogP contribution in [0, 0.1) is 0 Å². The summed E-state index contributed by atoms with van der Waals surface area (Å²) in [5, 5.41) is 3.06. The zero-order valence-electron chi connectivity index (χ0n) is 70.2. The standard InChI is InChI=1S/C88H155N9O12/c1-9-16-33-50-76(13-5)107-80(99)54-37-26-20-23-29-40-57-93(58-41-30-24-21-27-38-55-81(100)108-77(14-6)51-34-17-10-2)61-45-62-94(59-42-31-25-22-28-39-56-82(101)109-78(15-7)52-35-18-11-3)60-43-32-36-53-79(98)89-84-83-85(92-87(91-84)106-69-19-12-4)97(88(103)90-83)66-47-65-96(64-46-63-95-67-70-105-71-68-95)73-74-48-44-49-75(72-74)86(102)104-8/h44,48-49,72,76-78H,9-43,45-47,50-71,73H2,1-8H3,(H,90,103)(H,89,91,92,98). The first-order valence-electron chi connectivity index (χ1n) is 44.4. The molecule has 624 valence electrons. The Labute approximate surface area is 660 Å². The van der Waals surface area contributed by atoms with Gasteiger partial charge in [-0.15, -0.1) is 0 Å². The van der Waals surface area contributed by atoms with Gasteiger partial charge in [-0.25, -0.2) is 9.59 Å². The van der Waals surface area contributed by atoms with Gasteiger partial charge in [0.05, 0.1) is 32.5 Å². The summed E-state index contributed by atoms with van der Waals surface area (Å²) in [7, 11) is 1.39. The normalized spacial score (nSPS) is 13.5. The van der Waals surface area contributed by atoms with Crippen LogP contribution >= 0.6 is 0 Å². The molecule has 4 rings (SSSR count). The summed E-state index contributed by atoms with van der Waals surface area (Å²) in [4.78, 5) is 101. The first-order valence-corrected chi connectivity index (χ1v) is 44.4. The fourth-order valence-corrected chi connectivity index (χ4v) is 14.7. The molecule has 1 amide bonds. The van der Waals surface area contributed by atoms with Gasteiger partial charge in [0.15, 0.2) is 11.5 Å². The third-order valence-corrected chi connectivity index (χ3v) is 21.5. The van der Waals surface area contributed by atoms with Crippen molar-refractivity contribution in [3.63, 3.8) is 0 Å². The molecule has 0 radical (unpaired) electrons. The van der Waals surface area contributed by atoms with Crippen molar-refractivity contribution in [2.75, 3.05) is 104 Å². The van der Waals surface area contributed by atoms with Gasteiger partial charge in [0.1, 0.15) is 23.8 Å². The van der Waals surface area contributed by atoms with Crippen LogP contribution in [0.25, 0.3) is 11.2 Å². The molecule has 3 aromatic rings. The van der Waals surface area contributed by atoms with E-state index in [2.05, 4.69) is 83.4 Å². The number of ether oxygens (including phenoxy) is 6. The highest BCUT2D eigenvalue weighted by atomic mass is 16.6. The second kappa shape index (κ2) is 63.0. The molecule has 21 nitrogen and oxygen atoms in total. The topological polar surface area (TPSA) is 229 Å². The number of imidazole rings is 1. The Morgan fingerprint density at radius 2 is 0.927 bits per heavy atom. The predicted molar refractivity (Wildman–Crippen MR) is 443 cm³/mol. The van der Waals surface area contributed by atoms with Crippen molar-refractivity contribution < 1.29 is 52.4 Å². The highest BCUT2D eigenvalue weighted by Gasteiger charge is 2.22. The molecule has 1 fully saturated rings. The average Bonchev–Trinajstić information content (AvgIpc) is 1.64. The Kier molecular flexibility index (Phi) is 55.4. The third kappa shape index (κ3) is 45.1. The molecule has 2 aromatic heterocycles. The molecule has 21 heteroatoms. The number of hydrogen-bond donors (Lipinski definition) is 2. The molecule has 3 atom stereocenters. The fourth-order valence-electron chi connectivity index (χ4n) is 14.7. The van der Waals surface area contributed by atoms with Crippen molar-refractivity contribution in [2.24, 2.45) is 0 Å². The number of carbonyl (C=O) groups excluding carboxylic acids is 5. The summed E-state index contributed by atoms with van der Waals surface area (Å²) in [5.74, 6) is -0.430. The van der Waals surface area contributed by atoms with Crippen molar-refractivity contribution in [3.05, 3.63) is 45.9 Å². The van der Waals surface area contributed by atoms with Gasteiger partial charge in [0.25, 0.3) is 0 Å². The summed E-state index contributed by atoms with van der Waals surface area (Å²) < 4.78 is 35.8. The maximum atomic E-state index is 14.0. The molecule has 2 N–H and O–H groups in total. The smallest absolute Gasteiger partial charge is 0.337 e. The Morgan fingerprint density at radius 3 is 1.39 bits per heavy atom. The molecule has 3 heterocycles. The second-order valence-electron chi connectivity index (χ2n) is 31.0. The van der Waals surface area contributed by atoms with Crippen LogP contribution in [0.4, 0.5) is 5.82 Å². The summed E-state index contributed by atoms with van der Waals surface area (Å²) in [6.07, 6.45) is 44.6. The Bertz CT molecular complexity index is 2840. The van der Waals surface area contributed by atoms with Crippen LogP contribution in [0.15, 0.2) is 29.1 Å². The van der Waals surface area contributed by atoms with Gasteiger partial charge < -0.3 is 48.5 Å². The van der Waals surface area contributed by atoms with Crippen LogP contribution in [-0.2, 0) is 56.0 Å². The van der Waals surface area contributed by atoms with Crippen molar-refractivity contribution in [2.45, 2.75) is 369 Å². The molecular formula is C88H155N9O12. The molecule has 1 aromatic carbocycles. The number of aromatic amines is 1. The number of fused-ring (bicyclic) bond motifs is 1. The first-order chi connectivity index (χ1) is 53.3. The van der Waals surface area contributed by atoms with E-state index in [0.29, 0.717) is 81.5 Å². The number of unbranched alkanes of at least 4 members (excludes halogenated alkanes) is 24. The van der Waals surface area contributed by atoms with Crippen molar-refractivity contribution >= 4 is 46.8 Å². The van der Waals surface area contributed by atoms with Gasteiger partial charge >= 0.3 is 35.6 Å². The summed E-state index contributed by atoms with van der Waals surface area (Å²) in [6.45, 7) is 28.5. The highest BCUT2D eigenvalue weighted by Crippen LogP contribution is 2.24. The number of nitrogens with zero attached hydrogens (tertiary/aromatic N) is 7. The number of anilines is 1. The van der Waals surface area contributed by atoms with Gasteiger partial charge in [-0.3, -0.25) is 33.5 Å². The van der Waals surface area contributed by atoms with Crippen LogP contribution < -0.4 is 15.7 Å². The number of hydrogen-bond acceptors (Lipinski definition) is 18. The van der Waals surface area contributed by atoms with Crippen LogP contribution in [0.2, 0.25) is 0 Å². The number of nitrogens with one attached hydrogen (secondary N) is 2. The molecule has 0 bridgehead atoms. The lowest BCUT2D eigenvalue weighted by Crippen LogP contribution is -2.38. The Balaban J connectivity index is 1.38. The van der Waals surface area contributed by atoms with E-state index in [-0.39, 0.29) is 65.6 Å².